The Bertz CT molecular complexity index is 1570. The van der Waals surface area contributed by atoms with Crippen LogP contribution in [0.15, 0.2) is 39.9 Å². The number of nitro groups is 1. The highest BCUT2D eigenvalue weighted by molar-refractivity contribution is 7.15. The maximum atomic E-state index is 12.5. The van der Waals surface area contributed by atoms with Crippen molar-refractivity contribution in [3.05, 3.63) is 79.2 Å². The van der Waals surface area contributed by atoms with E-state index in [0.29, 0.717) is 11.0 Å². The Morgan fingerprint density at radius 2 is 2.09 bits per heavy atom. The number of aromatic nitrogens is 1. The summed E-state index contributed by atoms with van der Waals surface area (Å²) in [6.45, 7) is 3.94. The van der Waals surface area contributed by atoms with Crippen molar-refractivity contribution in [2.24, 2.45) is 5.10 Å². The molecule has 3 heterocycles. The minimum absolute atomic E-state index is 0.00551. The zero-order valence-electron chi connectivity index (χ0n) is 19.1. The number of carbonyl (C=O) groups excluding carboxylic acids is 1. The van der Waals surface area contributed by atoms with Gasteiger partial charge in [-0.2, -0.15) is 10.4 Å². The van der Waals surface area contributed by atoms with Gasteiger partial charge in [0.25, 0.3) is 5.69 Å². The summed E-state index contributed by atoms with van der Waals surface area (Å²) in [5.74, 6) is -0.558. The van der Waals surface area contributed by atoms with E-state index in [0.717, 1.165) is 53.2 Å². The summed E-state index contributed by atoms with van der Waals surface area (Å²) < 4.78 is 7.58. The van der Waals surface area contributed by atoms with Crippen molar-refractivity contribution >= 4 is 40.1 Å². The molecule has 0 aliphatic heterocycles. The molecule has 0 bridgehead atoms. The highest BCUT2D eigenvalue weighted by Gasteiger charge is 2.23. The number of hydrazone groups is 1. The van der Waals surface area contributed by atoms with Gasteiger partial charge in [-0.25, -0.2) is 5.43 Å². The van der Waals surface area contributed by atoms with E-state index in [2.05, 4.69) is 21.2 Å². The summed E-state index contributed by atoms with van der Waals surface area (Å²) in [4.78, 5) is 24.3. The molecular weight excluding hydrogens is 466 g/mol. The van der Waals surface area contributed by atoms with E-state index < -0.39 is 10.8 Å². The molecule has 0 saturated heterocycles. The number of aryl methyl sites for hydroxylation is 2. The van der Waals surface area contributed by atoms with Crippen LogP contribution in [0.1, 0.15) is 56.4 Å². The monoisotopic (exact) mass is 487 g/mol. The number of carbonyl (C=O) groups is 1. The summed E-state index contributed by atoms with van der Waals surface area (Å²) in [7, 11) is 0. The molecule has 0 radical (unpaired) electrons. The van der Waals surface area contributed by atoms with Crippen molar-refractivity contribution in [1.29, 1.82) is 5.26 Å². The van der Waals surface area contributed by atoms with Crippen molar-refractivity contribution < 1.29 is 14.1 Å². The van der Waals surface area contributed by atoms with E-state index in [4.69, 9.17) is 4.42 Å². The molecule has 5 rings (SSSR count). The molecule has 1 N–H and O–H groups in total. The molecule has 4 aromatic rings. The van der Waals surface area contributed by atoms with Crippen LogP contribution in [-0.2, 0) is 12.8 Å². The Labute approximate surface area is 204 Å². The lowest BCUT2D eigenvalue weighted by Gasteiger charge is -2.10. The SMILES string of the molecule is Cc1cc(/C=N/NC(=O)c2cc3cc([N+](=O)[O-])ccc3o2)c(C)n1-c1sc2c(c1C#N)CCCC2. The number of non-ortho nitro benzene ring substituents is 1. The number of rotatable bonds is 5. The lowest BCUT2D eigenvalue weighted by atomic mass is 9.96. The fraction of sp³-hybridized carbons (Fsp3) is 0.240. The standard InChI is InChI=1S/C25H21N5O4S/c1-14-9-17(15(2)29(14)25-20(12-26)19-5-3-4-6-23(19)35-25)13-27-28-24(31)22-11-16-10-18(30(32)33)7-8-21(16)34-22/h7-11,13H,3-6H2,1-2H3,(H,28,31)/b27-13+. The number of hydrogen-bond donors (Lipinski definition) is 1. The van der Waals surface area contributed by atoms with Gasteiger partial charge in [0, 0.05) is 39.3 Å². The van der Waals surface area contributed by atoms with Crippen LogP contribution in [0.5, 0.6) is 0 Å². The average Bonchev–Trinajstić information content (AvgIpc) is 3.51. The van der Waals surface area contributed by atoms with Crippen molar-refractivity contribution in [2.75, 3.05) is 0 Å². The Morgan fingerprint density at radius 3 is 2.86 bits per heavy atom. The highest BCUT2D eigenvalue weighted by atomic mass is 32.1. The third kappa shape index (κ3) is 4.00. The first-order valence-corrected chi connectivity index (χ1v) is 11.9. The fourth-order valence-electron chi connectivity index (χ4n) is 4.53. The lowest BCUT2D eigenvalue weighted by molar-refractivity contribution is -0.384. The zero-order chi connectivity index (χ0) is 24.7. The smallest absolute Gasteiger partial charge is 0.307 e. The van der Waals surface area contributed by atoms with Gasteiger partial charge >= 0.3 is 5.91 Å². The number of nitrogens with one attached hydrogen (secondary N) is 1. The van der Waals surface area contributed by atoms with Crippen LogP contribution in [0.2, 0.25) is 0 Å². The van der Waals surface area contributed by atoms with E-state index in [1.54, 1.807) is 17.6 Å². The average molecular weight is 488 g/mol. The number of hydrogen-bond acceptors (Lipinski definition) is 7. The first-order valence-electron chi connectivity index (χ1n) is 11.1. The maximum absolute atomic E-state index is 12.5. The van der Waals surface area contributed by atoms with Gasteiger partial charge in [0.2, 0.25) is 0 Å². The van der Waals surface area contributed by atoms with Crippen molar-refractivity contribution in [3.63, 3.8) is 0 Å². The van der Waals surface area contributed by atoms with Gasteiger partial charge < -0.3 is 8.98 Å². The molecule has 176 valence electrons. The number of nitriles is 1. The molecule has 3 aromatic heterocycles. The quantitative estimate of drug-likeness (QED) is 0.231. The van der Waals surface area contributed by atoms with Gasteiger partial charge in [-0.15, -0.1) is 11.3 Å². The second-order valence-corrected chi connectivity index (χ2v) is 9.54. The number of nitrogens with zero attached hydrogens (tertiary/aromatic N) is 4. The molecular formula is C25H21N5O4S. The topological polar surface area (TPSA) is 126 Å². The van der Waals surface area contributed by atoms with E-state index >= 15 is 0 Å². The molecule has 0 spiro atoms. The molecule has 10 heteroatoms. The van der Waals surface area contributed by atoms with Crippen LogP contribution < -0.4 is 5.43 Å². The predicted octanol–water partition coefficient (Wildman–Crippen LogP) is 5.32. The maximum Gasteiger partial charge on any atom is 0.307 e. The van der Waals surface area contributed by atoms with Crippen LogP contribution in [0.4, 0.5) is 5.69 Å². The molecule has 0 fully saturated rings. The second-order valence-electron chi connectivity index (χ2n) is 8.45. The van der Waals surface area contributed by atoms with Crippen LogP contribution >= 0.6 is 11.3 Å². The van der Waals surface area contributed by atoms with Crippen LogP contribution in [0.3, 0.4) is 0 Å². The van der Waals surface area contributed by atoms with Crippen molar-refractivity contribution in [2.45, 2.75) is 39.5 Å². The van der Waals surface area contributed by atoms with Gasteiger partial charge in [0.15, 0.2) is 5.76 Å². The normalized spacial score (nSPS) is 13.2. The summed E-state index contributed by atoms with van der Waals surface area (Å²) >= 11 is 1.68. The Morgan fingerprint density at radius 1 is 1.29 bits per heavy atom. The van der Waals surface area contributed by atoms with E-state index in [1.807, 2.05) is 19.9 Å². The Balaban J connectivity index is 1.37. The zero-order valence-corrected chi connectivity index (χ0v) is 19.9. The Kier molecular flexibility index (Phi) is 5.70. The molecule has 35 heavy (non-hydrogen) atoms. The van der Waals surface area contributed by atoms with Gasteiger partial charge in [0.1, 0.15) is 16.7 Å². The van der Waals surface area contributed by atoms with E-state index in [-0.39, 0.29) is 11.4 Å². The number of fused-ring (bicyclic) bond motifs is 2. The first-order chi connectivity index (χ1) is 16.9. The lowest BCUT2D eigenvalue weighted by Crippen LogP contribution is -2.16. The van der Waals surface area contributed by atoms with Gasteiger partial charge in [0.05, 0.1) is 16.7 Å². The molecule has 1 amide bonds. The number of nitro benzene ring substituents is 1. The van der Waals surface area contributed by atoms with Crippen LogP contribution in [0, 0.1) is 35.3 Å². The molecule has 1 aliphatic rings. The predicted molar refractivity (Wildman–Crippen MR) is 132 cm³/mol. The molecule has 0 saturated carbocycles. The molecule has 0 unspecified atom stereocenters. The van der Waals surface area contributed by atoms with Crippen LogP contribution in [0.25, 0.3) is 16.0 Å². The van der Waals surface area contributed by atoms with E-state index in [9.17, 15) is 20.2 Å². The van der Waals surface area contributed by atoms with Crippen molar-refractivity contribution in [3.8, 4) is 11.1 Å². The van der Waals surface area contributed by atoms with Crippen LogP contribution in [-0.4, -0.2) is 21.6 Å². The second kappa shape index (κ2) is 8.85. The van der Waals surface area contributed by atoms with Gasteiger partial charge in [-0.3, -0.25) is 14.9 Å². The number of thiophene rings is 1. The fourth-order valence-corrected chi connectivity index (χ4v) is 5.98. The summed E-state index contributed by atoms with van der Waals surface area (Å²) in [6, 6.07) is 9.96. The summed E-state index contributed by atoms with van der Waals surface area (Å²) in [5, 5.41) is 26.3. The largest absolute Gasteiger partial charge is 0.451 e. The van der Waals surface area contributed by atoms with Gasteiger partial charge in [-0.05, 0) is 63.3 Å². The highest BCUT2D eigenvalue weighted by Crippen LogP contribution is 2.38. The Hall–Kier alpha value is -4.23. The number of benzene rings is 1. The number of furan rings is 1. The molecule has 1 aromatic carbocycles. The van der Waals surface area contributed by atoms with Crippen molar-refractivity contribution in [1.82, 2.24) is 9.99 Å². The first kappa shape index (κ1) is 22.6. The number of amides is 1. The summed E-state index contributed by atoms with van der Waals surface area (Å²) in [6.07, 6.45) is 5.79. The third-order valence-electron chi connectivity index (χ3n) is 6.24. The van der Waals surface area contributed by atoms with Gasteiger partial charge in [-0.1, -0.05) is 0 Å². The minimum Gasteiger partial charge on any atom is -0.451 e. The molecule has 0 atom stereocenters. The summed E-state index contributed by atoms with van der Waals surface area (Å²) in [5.41, 5.74) is 7.40. The third-order valence-corrected chi connectivity index (χ3v) is 7.52. The molecule has 9 nitrogen and oxygen atoms in total. The minimum atomic E-state index is -0.563. The molecule has 1 aliphatic carbocycles. The van der Waals surface area contributed by atoms with E-state index in [1.165, 1.54) is 34.7 Å².